The number of aliphatic hydroxyl groups excluding tert-OH is 1. The molecular formula is C116H140O15. The summed E-state index contributed by atoms with van der Waals surface area (Å²) >= 11 is 0. The van der Waals surface area contributed by atoms with E-state index in [1.54, 1.807) is 12.2 Å². The van der Waals surface area contributed by atoms with Crippen molar-refractivity contribution in [3.8, 4) is 11.5 Å². The maximum absolute atomic E-state index is 13.4. The summed E-state index contributed by atoms with van der Waals surface area (Å²) in [6.07, 6.45) is 53.4. The summed E-state index contributed by atoms with van der Waals surface area (Å²) in [6.45, 7) is 25.5. The molecule has 0 bridgehead atoms. The molecule has 694 valence electrons. The highest BCUT2D eigenvalue weighted by molar-refractivity contribution is 5.99. The Labute approximate surface area is 774 Å². The summed E-state index contributed by atoms with van der Waals surface area (Å²) in [4.78, 5) is 128. The normalized spacial score (nSPS) is 45.9. The summed E-state index contributed by atoms with van der Waals surface area (Å²) in [5, 5.41) is 31.2. The molecule has 1 heterocycles. The van der Waals surface area contributed by atoms with Crippen molar-refractivity contribution in [2.75, 3.05) is 6.61 Å². The molecule has 1 saturated heterocycles. The minimum atomic E-state index is -1.10. The molecule has 3 N–H and O–H groups in total. The number of phenols is 2. The standard InChI is InChI=1S/C27H34O5.C23H26O4.C22H28O2.2C22H26O2/c1-4-5-14-32-24(31)22-21-17(26(3)12-6-16(28)15-19(26)23(22)30)8-13-27-18(21)7-10-25(27,2)11-9-20(27)29;1-20-6-5-17(25)22(20)8-4-16-18-15(19(26)27-23(18,22)10-9-20)12-13-11-14(24)3-7-21(13,16)2;2*1-20-9-7-18-17-5-3-14-13-15(23)4-6-16(14)21(17,2)11-12-22(18,20)19(24)8-10-20;1-20-9-6-18-16-4-3-14-13-15(23)5-11-21(14,2)17(16)7-12-22(18,20)19(24)8-10-20/h7,15,22-23,30H,4-6,8-14H2,1-3H3;4,11,15,18H,3,5-10,12H2,1-2H3;4,6,13,17-18,23H,3,5,7-12H2,1-2H3;3-6,13,17-18,23H,7-12H2,1-2H3;3-4,13,17H,5-12H2,1-2H3/t22-,23-,25-,26?,27?;15-,18?,20-,21+,22-,23-;2*17?,18?,20-,21+,22+;17?,20-,21-,22+/m01000/s1. The smallest absolute Gasteiger partial charge is 0.316 e. The molecule has 23 aliphatic carbocycles. The molecule has 0 radical (unpaired) electrons. The number of hydrogen-bond donors (Lipinski definition) is 3. The number of Topliss-reactive ketones (excluding diaryl/α,β-unsaturated/α-hetero) is 5. The van der Waals surface area contributed by atoms with Crippen LogP contribution < -0.4 is 0 Å². The minimum Gasteiger partial charge on any atom is -0.508 e. The van der Waals surface area contributed by atoms with E-state index in [2.05, 4.69) is 118 Å². The number of hydrogen-bond acceptors (Lipinski definition) is 15. The van der Waals surface area contributed by atoms with Gasteiger partial charge in [-0.3, -0.25) is 47.9 Å². The fourth-order valence-corrected chi connectivity index (χ4v) is 37.5. The highest BCUT2D eigenvalue weighted by atomic mass is 16.6. The van der Waals surface area contributed by atoms with E-state index in [0.717, 1.165) is 188 Å². The molecule has 15 nitrogen and oxygen atoms in total. The molecule has 13 fully saturated rings. The Hall–Kier alpha value is -8.04. The molecule has 12 saturated carbocycles. The van der Waals surface area contributed by atoms with Crippen molar-refractivity contribution in [1.82, 2.24) is 0 Å². The lowest BCUT2D eigenvalue weighted by Gasteiger charge is -2.57. The molecule has 25 atom stereocenters. The summed E-state index contributed by atoms with van der Waals surface area (Å²) in [7, 11) is 0. The van der Waals surface area contributed by atoms with Crippen molar-refractivity contribution in [3.05, 3.63) is 157 Å². The SMILES string of the molecule is CCCCOC(=O)[C@H]1C2=C(CCC34C(=O)CC[C@]3(C)CC=C24)C2(C)CCC(=O)C=C2[C@@H]1O.C[C@]12CCC(=O)C=C1C[C@H]1C(=O)O[C@@]34CC[C@@]5(C)CCC(=O)[C@]53CC=C2C14.C[C@]12CCC(=O)[C@]13CCC1C(=C3CC2)C=CC2=CC(=O)CC[C@@]21C.C[C@]12CCC(=O)[C@]13CC[C@]1(C)c4ccc(O)cc4C=CC1C3CC2.C[C@]12CCC(=O)[C@]13CC[C@]1(C)c4ccc(O)cc4CCC1C3CC2. The molecule has 24 aliphatic rings. The number of unbranched alkanes of at least 4 members (excludes halogenated alkanes) is 1. The monoisotopic (exact) mass is 1770 g/mol. The first kappa shape index (κ1) is 88.3. The average Bonchev–Trinajstić information content (AvgIpc) is 1.47. The van der Waals surface area contributed by atoms with Gasteiger partial charge in [-0.05, 0) is 358 Å². The van der Waals surface area contributed by atoms with Crippen LogP contribution >= 0.6 is 0 Å². The summed E-state index contributed by atoms with van der Waals surface area (Å²) in [5.41, 5.74) is 13.9. The molecule has 0 amide bonds. The fourth-order valence-electron chi connectivity index (χ4n) is 37.5. The molecule has 2 aromatic carbocycles. The Morgan fingerprint density at radius 3 is 1.84 bits per heavy atom. The van der Waals surface area contributed by atoms with E-state index in [1.807, 2.05) is 37.3 Å². The van der Waals surface area contributed by atoms with E-state index in [9.17, 15) is 63.3 Å². The number of carbonyl (C=O) groups excluding carboxylic acids is 10. The largest absolute Gasteiger partial charge is 0.508 e. The average molecular weight is 1770 g/mol. The van der Waals surface area contributed by atoms with E-state index < -0.39 is 39.8 Å². The molecule has 0 aromatic heterocycles. The summed E-state index contributed by atoms with van der Waals surface area (Å²) in [6, 6.07) is 11.8. The third-order valence-corrected chi connectivity index (χ3v) is 44.9. The van der Waals surface area contributed by atoms with Gasteiger partial charge in [-0.15, -0.1) is 0 Å². The zero-order valence-corrected chi connectivity index (χ0v) is 79.9. The predicted molar refractivity (Wildman–Crippen MR) is 499 cm³/mol. The lowest BCUT2D eigenvalue weighted by atomic mass is 9.46. The molecule has 15 heteroatoms. The second kappa shape index (κ2) is 29.3. The number of aliphatic hydroxyl groups is 1. The van der Waals surface area contributed by atoms with Gasteiger partial charge in [0.2, 0.25) is 0 Å². The van der Waals surface area contributed by atoms with Crippen molar-refractivity contribution < 1.29 is 72.7 Å². The Bertz CT molecular complexity index is 5780. The van der Waals surface area contributed by atoms with Crippen molar-refractivity contribution in [2.45, 2.75) is 349 Å². The van der Waals surface area contributed by atoms with Gasteiger partial charge in [-0.1, -0.05) is 153 Å². The second-order valence-electron chi connectivity index (χ2n) is 49.2. The first-order valence-corrected chi connectivity index (χ1v) is 51.6. The number of ether oxygens (including phenoxy) is 2. The Kier molecular flexibility index (Phi) is 19.7. The van der Waals surface area contributed by atoms with Gasteiger partial charge in [0, 0.05) is 78.9 Å². The molecular weight excluding hydrogens is 1630 g/mol. The Morgan fingerprint density at radius 2 is 1.10 bits per heavy atom. The van der Waals surface area contributed by atoms with Crippen LogP contribution in [0.4, 0.5) is 0 Å². The topological polar surface area (TPSA) is 250 Å². The van der Waals surface area contributed by atoms with E-state index in [1.165, 1.54) is 77.5 Å². The van der Waals surface area contributed by atoms with Crippen molar-refractivity contribution in [2.24, 2.45) is 118 Å². The van der Waals surface area contributed by atoms with E-state index in [4.69, 9.17) is 9.47 Å². The molecule has 131 heavy (non-hydrogen) atoms. The molecule has 1 aliphatic heterocycles. The number of allylic oxidation sites excluding steroid dienone is 14. The molecule has 6 spiro atoms. The van der Waals surface area contributed by atoms with Crippen LogP contribution in [0, 0.1) is 118 Å². The van der Waals surface area contributed by atoms with Crippen LogP contribution in [0.2, 0.25) is 0 Å². The van der Waals surface area contributed by atoms with Gasteiger partial charge in [0.05, 0.1) is 34.9 Å². The van der Waals surface area contributed by atoms with Crippen LogP contribution in [-0.4, -0.2) is 91.8 Å². The lowest BCUT2D eigenvalue weighted by molar-refractivity contribution is -0.172. The number of aromatic hydroxyl groups is 2. The van der Waals surface area contributed by atoms with E-state index in [-0.39, 0.29) is 106 Å². The van der Waals surface area contributed by atoms with Gasteiger partial charge in [0.1, 0.15) is 51.9 Å². The number of esters is 2. The van der Waals surface area contributed by atoms with Crippen LogP contribution in [-0.2, 0) is 74.7 Å². The third kappa shape index (κ3) is 11.2. The zero-order chi connectivity index (χ0) is 91.9. The highest BCUT2D eigenvalue weighted by Gasteiger charge is 2.82. The highest BCUT2D eigenvalue weighted by Crippen LogP contribution is 2.81. The van der Waals surface area contributed by atoms with Crippen LogP contribution in [0.25, 0.3) is 6.08 Å². The van der Waals surface area contributed by atoms with Gasteiger partial charge >= 0.3 is 11.9 Å². The minimum absolute atomic E-state index is 0.00424. The number of aryl methyl sites for hydroxylation is 1. The van der Waals surface area contributed by atoms with Gasteiger partial charge < -0.3 is 24.8 Å². The predicted octanol–water partition coefficient (Wildman–Crippen LogP) is 22.4. The number of fused-ring (bicyclic) bond motifs is 16. The van der Waals surface area contributed by atoms with Crippen LogP contribution in [0.15, 0.2) is 135 Å². The zero-order valence-electron chi connectivity index (χ0n) is 79.9. The summed E-state index contributed by atoms with van der Waals surface area (Å²) in [5.74, 6) is 4.44. The van der Waals surface area contributed by atoms with Crippen LogP contribution in [0.3, 0.4) is 0 Å². The lowest BCUT2D eigenvalue weighted by Crippen LogP contribution is -2.60. The second-order valence-corrected chi connectivity index (χ2v) is 49.2. The first-order valence-electron chi connectivity index (χ1n) is 51.6. The quantitative estimate of drug-likeness (QED) is 0.146. The number of phenolic OH excluding ortho intramolecular Hbond substituents is 2. The molecule has 8 unspecified atom stereocenters. The molecule has 2 aromatic rings. The number of ketones is 8. The van der Waals surface area contributed by atoms with Crippen LogP contribution in [0.5, 0.6) is 11.5 Å². The summed E-state index contributed by atoms with van der Waals surface area (Å²) < 4.78 is 11.9. The molecule has 26 rings (SSSR count). The fraction of sp³-hybridized carbons (Fsp3) is 0.655. The van der Waals surface area contributed by atoms with Gasteiger partial charge in [-0.2, -0.15) is 0 Å². The van der Waals surface area contributed by atoms with Gasteiger partial charge in [0.15, 0.2) is 17.3 Å². The number of rotatable bonds is 4. The Balaban J connectivity index is 0.0000000962. The third-order valence-electron chi connectivity index (χ3n) is 44.9. The van der Waals surface area contributed by atoms with E-state index >= 15 is 0 Å². The first-order chi connectivity index (χ1) is 62.2. The van der Waals surface area contributed by atoms with Crippen molar-refractivity contribution in [3.63, 3.8) is 0 Å². The Morgan fingerprint density at radius 1 is 0.481 bits per heavy atom. The van der Waals surface area contributed by atoms with Gasteiger partial charge in [-0.25, -0.2) is 0 Å². The van der Waals surface area contributed by atoms with Crippen molar-refractivity contribution in [1.29, 1.82) is 0 Å². The number of benzene rings is 2. The maximum Gasteiger partial charge on any atom is 0.316 e. The maximum atomic E-state index is 13.4. The van der Waals surface area contributed by atoms with Crippen LogP contribution in [0.1, 0.15) is 342 Å². The number of carbonyl (C=O) groups is 10. The van der Waals surface area contributed by atoms with Gasteiger partial charge in [0.25, 0.3) is 0 Å². The van der Waals surface area contributed by atoms with E-state index in [0.29, 0.717) is 128 Å². The van der Waals surface area contributed by atoms with Crippen molar-refractivity contribution >= 4 is 64.3 Å².